The summed E-state index contributed by atoms with van der Waals surface area (Å²) in [4.78, 5) is 8.65. The maximum absolute atomic E-state index is 5.50. The third-order valence-corrected chi connectivity index (χ3v) is 6.26. The highest BCUT2D eigenvalue weighted by atomic mass is 32.1. The molecule has 0 unspecified atom stereocenters. The van der Waals surface area contributed by atoms with Gasteiger partial charge in [-0.25, -0.2) is 4.98 Å². The third-order valence-electron chi connectivity index (χ3n) is 5.11. The summed E-state index contributed by atoms with van der Waals surface area (Å²) in [6.07, 6.45) is 6.83. The molecule has 0 spiro atoms. The van der Waals surface area contributed by atoms with Crippen LogP contribution in [0.3, 0.4) is 0 Å². The largest absolute Gasteiger partial charge is 0.454 e. The minimum absolute atomic E-state index is 0.287. The molecular weight excluding hydrogens is 360 g/mol. The normalized spacial score (nSPS) is 15.3. The molecule has 0 saturated carbocycles. The highest BCUT2D eigenvalue weighted by molar-refractivity contribution is 7.11. The predicted molar refractivity (Wildman–Crippen MR) is 104 cm³/mol. The van der Waals surface area contributed by atoms with Crippen LogP contribution in [0.25, 0.3) is 11.3 Å². The molecule has 3 heterocycles. The molecule has 1 aromatic carbocycles. The Morgan fingerprint density at radius 2 is 2.04 bits per heavy atom. The zero-order valence-corrected chi connectivity index (χ0v) is 16.1. The average Bonchev–Trinajstić information content (AvgIpc) is 3.39. The van der Waals surface area contributed by atoms with Gasteiger partial charge in [0.25, 0.3) is 0 Å². The van der Waals surface area contributed by atoms with Gasteiger partial charge in [-0.05, 0) is 50.9 Å². The van der Waals surface area contributed by atoms with Crippen molar-refractivity contribution in [1.29, 1.82) is 0 Å². The Kier molecular flexibility index (Phi) is 4.33. The molecule has 0 radical (unpaired) electrons. The molecule has 27 heavy (non-hydrogen) atoms. The number of nitrogens with zero attached hydrogens (tertiary/aromatic N) is 3. The fourth-order valence-corrected chi connectivity index (χ4v) is 5.02. The first-order valence-corrected chi connectivity index (χ1v) is 10.2. The van der Waals surface area contributed by atoms with Crippen LogP contribution in [-0.2, 0) is 25.9 Å². The molecule has 1 aliphatic heterocycles. The van der Waals surface area contributed by atoms with Crippen LogP contribution < -0.4 is 9.47 Å². The van der Waals surface area contributed by atoms with Crippen molar-refractivity contribution in [3.05, 3.63) is 45.5 Å². The van der Waals surface area contributed by atoms with Gasteiger partial charge in [-0.2, -0.15) is 5.10 Å². The number of aromatic amines is 1. The number of aryl methyl sites for hydroxylation is 2. The summed E-state index contributed by atoms with van der Waals surface area (Å²) >= 11 is 1.88. The molecule has 0 atom stereocenters. The van der Waals surface area contributed by atoms with Crippen molar-refractivity contribution >= 4 is 11.3 Å². The van der Waals surface area contributed by atoms with Gasteiger partial charge in [0.2, 0.25) is 6.79 Å². The van der Waals surface area contributed by atoms with Crippen molar-refractivity contribution in [1.82, 2.24) is 20.1 Å². The maximum atomic E-state index is 5.50. The number of aromatic nitrogens is 3. The van der Waals surface area contributed by atoms with Crippen LogP contribution in [0.4, 0.5) is 0 Å². The van der Waals surface area contributed by atoms with Crippen molar-refractivity contribution in [2.75, 3.05) is 13.8 Å². The van der Waals surface area contributed by atoms with Crippen molar-refractivity contribution in [2.24, 2.45) is 0 Å². The fraction of sp³-hybridized carbons (Fsp3) is 0.400. The lowest BCUT2D eigenvalue weighted by Gasteiger charge is -2.15. The van der Waals surface area contributed by atoms with E-state index in [9.17, 15) is 0 Å². The lowest BCUT2D eigenvalue weighted by Crippen LogP contribution is -2.17. The van der Waals surface area contributed by atoms with Gasteiger partial charge in [0.1, 0.15) is 5.01 Å². The summed E-state index contributed by atoms with van der Waals surface area (Å²) in [6.45, 7) is 1.96. The van der Waals surface area contributed by atoms with Gasteiger partial charge >= 0.3 is 0 Å². The minimum atomic E-state index is 0.287. The maximum Gasteiger partial charge on any atom is 0.231 e. The number of benzene rings is 1. The molecule has 1 N–H and O–H groups in total. The Labute approximate surface area is 162 Å². The zero-order chi connectivity index (χ0) is 18.2. The summed E-state index contributed by atoms with van der Waals surface area (Å²) in [6, 6.07) is 6.00. The Bertz CT molecular complexity index is 941. The SMILES string of the molecule is CN(Cc1nc2c(s1)CCCC2)Cc1cn[nH]c1-c1ccc2c(c1)OCO2. The molecule has 1 aliphatic carbocycles. The molecule has 7 heteroatoms. The molecule has 140 valence electrons. The van der Waals surface area contributed by atoms with E-state index in [2.05, 4.69) is 22.1 Å². The van der Waals surface area contributed by atoms with Gasteiger partial charge in [-0.3, -0.25) is 10.00 Å². The monoisotopic (exact) mass is 382 g/mol. The lowest BCUT2D eigenvalue weighted by atomic mass is 10.0. The van der Waals surface area contributed by atoms with Crippen molar-refractivity contribution in [2.45, 2.75) is 38.8 Å². The second-order valence-electron chi connectivity index (χ2n) is 7.20. The summed E-state index contributed by atoms with van der Waals surface area (Å²) in [5, 5.41) is 8.62. The first-order chi connectivity index (χ1) is 13.3. The molecule has 0 bridgehead atoms. The number of fused-ring (bicyclic) bond motifs is 2. The molecular formula is C20H22N4O2S. The summed E-state index contributed by atoms with van der Waals surface area (Å²) < 4.78 is 10.9. The third kappa shape index (κ3) is 3.33. The zero-order valence-electron chi connectivity index (χ0n) is 15.3. The molecule has 2 aliphatic rings. The standard InChI is InChI=1S/C20H22N4O2S/c1-24(11-19-22-15-4-2-3-5-18(15)27-19)10-14-9-21-23-20(14)13-6-7-16-17(8-13)26-12-25-16/h6-9H,2-5,10-12H2,1H3,(H,21,23). The molecule has 2 aromatic heterocycles. The average molecular weight is 382 g/mol. The summed E-state index contributed by atoms with van der Waals surface area (Å²) in [5.74, 6) is 1.58. The number of nitrogens with one attached hydrogen (secondary N) is 1. The molecule has 5 rings (SSSR count). The minimum Gasteiger partial charge on any atom is -0.454 e. The molecule has 0 saturated heterocycles. The van der Waals surface area contributed by atoms with Gasteiger partial charge in [0.05, 0.1) is 24.1 Å². The van der Waals surface area contributed by atoms with Gasteiger partial charge in [0, 0.05) is 22.5 Å². The van der Waals surface area contributed by atoms with Crippen LogP contribution >= 0.6 is 11.3 Å². The highest BCUT2D eigenvalue weighted by Crippen LogP contribution is 2.36. The highest BCUT2D eigenvalue weighted by Gasteiger charge is 2.18. The van der Waals surface area contributed by atoms with Crippen LogP contribution in [0.2, 0.25) is 0 Å². The van der Waals surface area contributed by atoms with E-state index in [1.807, 2.05) is 35.7 Å². The molecule has 0 fully saturated rings. The predicted octanol–water partition coefficient (Wildman–Crippen LogP) is 3.77. The smallest absolute Gasteiger partial charge is 0.231 e. The summed E-state index contributed by atoms with van der Waals surface area (Å²) in [7, 11) is 2.14. The van der Waals surface area contributed by atoms with E-state index in [1.54, 1.807) is 0 Å². The van der Waals surface area contributed by atoms with E-state index in [0.717, 1.165) is 47.8 Å². The van der Waals surface area contributed by atoms with E-state index in [-0.39, 0.29) is 6.79 Å². The van der Waals surface area contributed by atoms with E-state index >= 15 is 0 Å². The number of thiazole rings is 1. The van der Waals surface area contributed by atoms with Crippen molar-refractivity contribution in [3.63, 3.8) is 0 Å². The van der Waals surface area contributed by atoms with Crippen LogP contribution in [-0.4, -0.2) is 33.9 Å². The van der Waals surface area contributed by atoms with Crippen LogP contribution in [0.5, 0.6) is 11.5 Å². The fourth-order valence-electron chi connectivity index (χ4n) is 3.78. The van der Waals surface area contributed by atoms with Crippen LogP contribution in [0.1, 0.15) is 34.0 Å². The second-order valence-corrected chi connectivity index (χ2v) is 8.36. The Balaban J connectivity index is 1.31. The van der Waals surface area contributed by atoms with Gasteiger partial charge in [-0.15, -0.1) is 11.3 Å². The second kappa shape index (κ2) is 6.98. The topological polar surface area (TPSA) is 63.3 Å². The Morgan fingerprint density at radius 3 is 2.96 bits per heavy atom. The number of hydrogen-bond acceptors (Lipinski definition) is 6. The Morgan fingerprint density at radius 1 is 1.15 bits per heavy atom. The lowest BCUT2D eigenvalue weighted by molar-refractivity contribution is 0.174. The summed E-state index contributed by atoms with van der Waals surface area (Å²) in [5.41, 5.74) is 4.58. The molecule has 3 aromatic rings. The first kappa shape index (κ1) is 16.8. The number of ether oxygens (including phenoxy) is 2. The van der Waals surface area contributed by atoms with Crippen molar-refractivity contribution in [3.8, 4) is 22.8 Å². The first-order valence-electron chi connectivity index (χ1n) is 9.34. The van der Waals surface area contributed by atoms with Gasteiger partial charge in [0.15, 0.2) is 11.5 Å². The number of hydrogen-bond donors (Lipinski definition) is 1. The molecule has 0 amide bonds. The van der Waals surface area contributed by atoms with Crippen molar-refractivity contribution < 1.29 is 9.47 Å². The Hall–Kier alpha value is -2.38. The van der Waals surface area contributed by atoms with E-state index in [1.165, 1.54) is 34.8 Å². The van der Waals surface area contributed by atoms with Gasteiger partial charge in [-0.1, -0.05) is 0 Å². The van der Waals surface area contributed by atoms with E-state index in [4.69, 9.17) is 14.5 Å². The number of H-pyrrole nitrogens is 1. The number of rotatable bonds is 5. The van der Waals surface area contributed by atoms with E-state index in [0.29, 0.717) is 0 Å². The van der Waals surface area contributed by atoms with Gasteiger partial charge < -0.3 is 9.47 Å². The van der Waals surface area contributed by atoms with E-state index < -0.39 is 0 Å². The van der Waals surface area contributed by atoms with Crippen LogP contribution in [0, 0.1) is 0 Å². The molecule has 6 nitrogen and oxygen atoms in total. The quantitative estimate of drug-likeness (QED) is 0.728. The van der Waals surface area contributed by atoms with Crippen LogP contribution in [0.15, 0.2) is 24.4 Å².